The van der Waals surface area contributed by atoms with E-state index in [0.29, 0.717) is 6.61 Å². The maximum absolute atomic E-state index is 13.8. The predicted octanol–water partition coefficient (Wildman–Crippen LogP) is 2.53. The standard InChI is InChI=1S/C18H19FN4O2/c1-12-8-15(13(2)23(12)6-7-25-3)11-21-22-18(24)16-5-4-14(10-20)9-17(16)19/h4-5,8-9,11H,6-7H2,1-3H3,(H,22,24). The highest BCUT2D eigenvalue weighted by Gasteiger charge is 2.12. The van der Waals surface area contributed by atoms with Gasteiger partial charge in [-0.15, -0.1) is 0 Å². The Labute approximate surface area is 145 Å². The second kappa shape index (κ2) is 8.22. The quantitative estimate of drug-likeness (QED) is 0.647. The van der Waals surface area contributed by atoms with E-state index in [1.807, 2.05) is 26.0 Å². The molecule has 0 unspecified atom stereocenters. The molecular weight excluding hydrogens is 323 g/mol. The summed E-state index contributed by atoms with van der Waals surface area (Å²) in [5, 5.41) is 12.6. The van der Waals surface area contributed by atoms with Gasteiger partial charge in [0.05, 0.1) is 30.0 Å². The van der Waals surface area contributed by atoms with E-state index in [-0.39, 0.29) is 11.1 Å². The predicted molar refractivity (Wildman–Crippen MR) is 92.0 cm³/mol. The van der Waals surface area contributed by atoms with Crippen LogP contribution in [0.3, 0.4) is 0 Å². The van der Waals surface area contributed by atoms with Gasteiger partial charge in [-0.3, -0.25) is 4.79 Å². The monoisotopic (exact) mass is 342 g/mol. The van der Waals surface area contributed by atoms with Gasteiger partial charge in [-0.25, -0.2) is 9.82 Å². The number of methoxy groups -OCH3 is 1. The first-order chi connectivity index (χ1) is 12.0. The first-order valence-corrected chi connectivity index (χ1v) is 7.66. The van der Waals surface area contributed by atoms with Crippen LogP contribution in [0.15, 0.2) is 29.4 Å². The maximum atomic E-state index is 13.8. The van der Waals surface area contributed by atoms with Gasteiger partial charge in [-0.05, 0) is 38.1 Å². The molecule has 6 nitrogen and oxygen atoms in total. The Hall–Kier alpha value is -2.98. The SMILES string of the molecule is COCCn1c(C)cc(C=NNC(=O)c2ccc(C#N)cc2F)c1C. The average Bonchev–Trinajstić information content (AvgIpc) is 2.86. The summed E-state index contributed by atoms with van der Waals surface area (Å²) in [6.45, 7) is 5.25. The van der Waals surface area contributed by atoms with Gasteiger partial charge in [0.25, 0.3) is 5.91 Å². The van der Waals surface area contributed by atoms with Crippen molar-refractivity contribution in [3.05, 3.63) is 58.2 Å². The lowest BCUT2D eigenvalue weighted by Gasteiger charge is -2.08. The molecule has 0 bridgehead atoms. The number of aryl methyl sites for hydroxylation is 1. The van der Waals surface area contributed by atoms with Crippen molar-refractivity contribution in [2.75, 3.05) is 13.7 Å². The summed E-state index contributed by atoms with van der Waals surface area (Å²) in [6.07, 6.45) is 1.52. The van der Waals surface area contributed by atoms with E-state index >= 15 is 0 Å². The van der Waals surface area contributed by atoms with Crippen LogP contribution in [0.2, 0.25) is 0 Å². The zero-order valence-corrected chi connectivity index (χ0v) is 14.3. The lowest BCUT2D eigenvalue weighted by molar-refractivity contribution is 0.0951. The van der Waals surface area contributed by atoms with Gasteiger partial charge >= 0.3 is 0 Å². The van der Waals surface area contributed by atoms with Crippen LogP contribution >= 0.6 is 0 Å². The molecule has 0 saturated heterocycles. The molecule has 25 heavy (non-hydrogen) atoms. The molecule has 0 aliphatic carbocycles. The van der Waals surface area contributed by atoms with E-state index in [1.54, 1.807) is 7.11 Å². The number of halogens is 1. The van der Waals surface area contributed by atoms with Crippen LogP contribution in [-0.4, -0.2) is 30.4 Å². The molecule has 0 aliphatic rings. The van der Waals surface area contributed by atoms with Crippen LogP contribution in [0.1, 0.15) is 32.9 Å². The lowest BCUT2D eigenvalue weighted by atomic mass is 10.1. The van der Waals surface area contributed by atoms with Crippen LogP contribution in [0.5, 0.6) is 0 Å². The zero-order chi connectivity index (χ0) is 18.4. The Balaban J connectivity index is 2.08. The molecule has 0 atom stereocenters. The van der Waals surface area contributed by atoms with Gasteiger partial charge in [0.1, 0.15) is 5.82 Å². The highest BCUT2D eigenvalue weighted by Crippen LogP contribution is 2.13. The first kappa shape index (κ1) is 18.4. The largest absolute Gasteiger partial charge is 0.383 e. The maximum Gasteiger partial charge on any atom is 0.274 e. The number of rotatable bonds is 6. The van der Waals surface area contributed by atoms with E-state index in [0.717, 1.165) is 29.6 Å². The number of hydrazone groups is 1. The van der Waals surface area contributed by atoms with Crippen molar-refractivity contribution in [2.45, 2.75) is 20.4 Å². The van der Waals surface area contributed by atoms with Gasteiger partial charge < -0.3 is 9.30 Å². The Kier molecular flexibility index (Phi) is 6.03. The molecule has 0 saturated carbocycles. The number of aromatic nitrogens is 1. The Bertz CT molecular complexity index is 849. The fourth-order valence-corrected chi connectivity index (χ4v) is 2.47. The van der Waals surface area contributed by atoms with E-state index in [4.69, 9.17) is 10.00 Å². The molecule has 1 aromatic carbocycles. The molecule has 130 valence electrons. The molecule has 1 N–H and O–H groups in total. The number of hydrogen-bond acceptors (Lipinski definition) is 4. The Morgan fingerprint density at radius 1 is 1.44 bits per heavy atom. The molecule has 1 amide bonds. The number of nitriles is 1. The summed E-state index contributed by atoms with van der Waals surface area (Å²) < 4.78 is 21.0. The minimum atomic E-state index is -0.760. The smallest absolute Gasteiger partial charge is 0.274 e. The van der Waals surface area contributed by atoms with Crippen LogP contribution in [0.25, 0.3) is 0 Å². The molecule has 0 radical (unpaired) electrons. The molecule has 0 spiro atoms. The third kappa shape index (κ3) is 4.31. The molecule has 2 rings (SSSR count). The van der Waals surface area contributed by atoms with Crippen LogP contribution in [0, 0.1) is 31.0 Å². The van der Waals surface area contributed by atoms with Crippen LogP contribution in [0.4, 0.5) is 4.39 Å². The fraction of sp³-hybridized carbons (Fsp3) is 0.278. The van der Waals surface area contributed by atoms with Crippen molar-refractivity contribution in [1.29, 1.82) is 5.26 Å². The molecule has 1 heterocycles. The number of nitrogens with one attached hydrogen (secondary N) is 1. The molecule has 2 aromatic rings. The van der Waals surface area contributed by atoms with Crippen molar-refractivity contribution in [2.24, 2.45) is 5.10 Å². The number of hydrogen-bond donors (Lipinski definition) is 1. The number of carbonyl (C=O) groups is 1. The number of amides is 1. The van der Waals surface area contributed by atoms with E-state index in [9.17, 15) is 9.18 Å². The van der Waals surface area contributed by atoms with Gasteiger partial charge in [0, 0.05) is 30.6 Å². The number of ether oxygens (including phenoxy) is 1. The molecular formula is C18H19FN4O2. The summed E-state index contributed by atoms with van der Waals surface area (Å²) in [5.74, 6) is -1.43. The molecule has 0 fully saturated rings. The minimum Gasteiger partial charge on any atom is -0.383 e. The van der Waals surface area contributed by atoms with Gasteiger partial charge in [0.2, 0.25) is 0 Å². The second-order valence-corrected chi connectivity index (χ2v) is 5.48. The lowest BCUT2D eigenvalue weighted by Crippen LogP contribution is -2.19. The minimum absolute atomic E-state index is 0.154. The van der Waals surface area contributed by atoms with Crippen molar-refractivity contribution in [3.8, 4) is 6.07 Å². The van der Waals surface area contributed by atoms with Crippen LogP contribution < -0.4 is 5.43 Å². The summed E-state index contributed by atoms with van der Waals surface area (Å²) in [5.41, 5.74) is 5.20. The highest BCUT2D eigenvalue weighted by molar-refractivity contribution is 5.95. The van der Waals surface area contributed by atoms with Crippen molar-refractivity contribution in [3.63, 3.8) is 0 Å². The number of benzene rings is 1. The van der Waals surface area contributed by atoms with Gasteiger partial charge in [-0.2, -0.15) is 10.4 Å². The normalized spacial score (nSPS) is 10.8. The third-order valence-corrected chi connectivity index (χ3v) is 3.84. The first-order valence-electron chi connectivity index (χ1n) is 7.66. The van der Waals surface area contributed by atoms with Gasteiger partial charge in [-0.1, -0.05) is 0 Å². The summed E-state index contributed by atoms with van der Waals surface area (Å²) >= 11 is 0. The van der Waals surface area contributed by atoms with Gasteiger partial charge in [0.15, 0.2) is 0 Å². The zero-order valence-electron chi connectivity index (χ0n) is 14.3. The second-order valence-electron chi connectivity index (χ2n) is 5.48. The van der Waals surface area contributed by atoms with E-state index < -0.39 is 11.7 Å². The van der Waals surface area contributed by atoms with Crippen molar-refractivity contribution in [1.82, 2.24) is 9.99 Å². The van der Waals surface area contributed by atoms with Crippen molar-refractivity contribution >= 4 is 12.1 Å². The Morgan fingerprint density at radius 2 is 2.20 bits per heavy atom. The number of carbonyl (C=O) groups excluding carboxylic acids is 1. The molecule has 0 aliphatic heterocycles. The average molecular weight is 342 g/mol. The van der Waals surface area contributed by atoms with Crippen molar-refractivity contribution < 1.29 is 13.9 Å². The molecule has 1 aromatic heterocycles. The Morgan fingerprint density at radius 3 is 2.84 bits per heavy atom. The molecule has 7 heteroatoms. The van der Waals surface area contributed by atoms with E-state index in [2.05, 4.69) is 15.1 Å². The summed E-state index contributed by atoms with van der Waals surface area (Å²) in [7, 11) is 1.65. The summed E-state index contributed by atoms with van der Waals surface area (Å²) in [6, 6.07) is 7.42. The highest BCUT2D eigenvalue weighted by atomic mass is 19.1. The van der Waals surface area contributed by atoms with Crippen LogP contribution in [-0.2, 0) is 11.3 Å². The topological polar surface area (TPSA) is 79.4 Å². The number of nitrogens with zero attached hydrogens (tertiary/aromatic N) is 3. The summed E-state index contributed by atoms with van der Waals surface area (Å²) in [4.78, 5) is 12.0. The van der Waals surface area contributed by atoms with E-state index in [1.165, 1.54) is 18.3 Å². The third-order valence-electron chi connectivity index (χ3n) is 3.84. The fourth-order valence-electron chi connectivity index (χ4n) is 2.47.